The lowest BCUT2D eigenvalue weighted by atomic mass is 9.64. The third-order valence-electron chi connectivity index (χ3n) is 6.44. The number of aryl methyl sites for hydroxylation is 1. The topological polar surface area (TPSA) is 87.3 Å². The molecule has 2 N–H and O–H groups in total. The quantitative estimate of drug-likeness (QED) is 0.730. The summed E-state index contributed by atoms with van der Waals surface area (Å²) in [6, 6.07) is 10.4. The van der Waals surface area contributed by atoms with Crippen LogP contribution >= 0.6 is 0 Å². The van der Waals surface area contributed by atoms with E-state index in [1.54, 1.807) is 0 Å². The summed E-state index contributed by atoms with van der Waals surface area (Å²) in [5.41, 5.74) is 2.48. The maximum Gasteiger partial charge on any atom is 0.255 e. The van der Waals surface area contributed by atoms with Gasteiger partial charge in [-0.2, -0.15) is 0 Å². The van der Waals surface area contributed by atoms with Gasteiger partial charge in [0.25, 0.3) is 5.56 Å². The van der Waals surface area contributed by atoms with Crippen LogP contribution in [0, 0.1) is 6.92 Å². The van der Waals surface area contributed by atoms with Crippen molar-refractivity contribution in [3.8, 4) is 0 Å². The number of morpholine rings is 1. The molecule has 1 aromatic heterocycles. The first-order valence-electron chi connectivity index (χ1n) is 10.8. The monoisotopic (exact) mass is 410 g/mol. The van der Waals surface area contributed by atoms with Gasteiger partial charge in [0.1, 0.15) is 0 Å². The minimum atomic E-state index is -0.156. The number of hydrogen-bond donors (Lipinski definition) is 2. The lowest BCUT2D eigenvalue weighted by molar-refractivity contribution is -0.121. The van der Waals surface area contributed by atoms with E-state index in [1.807, 2.05) is 17.9 Å². The molecule has 1 aliphatic heterocycles. The van der Waals surface area contributed by atoms with E-state index in [0.29, 0.717) is 56.5 Å². The molecule has 4 rings (SSSR count). The second-order valence-corrected chi connectivity index (χ2v) is 8.33. The molecule has 160 valence electrons. The summed E-state index contributed by atoms with van der Waals surface area (Å²) in [4.78, 5) is 34.6. The number of H-pyrrole nitrogens is 1. The van der Waals surface area contributed by atoms with E-state index < -0.39 is 0 Å². The number of aromatic nitrogens is 2. The fraction of sp³-hybridized carbons (Fsp3) is 0.522. The standard InChI is InChI=1S/C23H30N4O3/c1-17-19(21(29)26-22(25-17)27-12-14-30-15-13-27)8-9-20(28)24-16-23(10-5-11-23)18-6-3-2-4-7-18/h2-4,6-7H,5,8-16H2,1H3,(H,24,28)(H,25,26,29). The highest BCUT2D eigenvalue weighted by Crippen LogP contribution is 2.43. The third-order valence-corrected chi connectivity index (χ3v) is 6.44. The Morgan fingerprint density at radius 1 is 1.23 bits per heavy atom. The minimum absolute atomic E-state index is 0.0201. The third kappa shape index (κ3) is 4.41. The minimum Gasteiger partial charge on any atom is -0.378 e. The summed E-state index contributed by atoms with van der Waals surface area (Å²) >= 11 is 0. The highest BCUT2D eigenvalue weighted by molar-refractivity contribution is 5.76. The number of aromatic amines is 1. The molecule has 7 nitrogen and oxygen atoms in total. The zero-order valence-electron chi connectivity index (χ0n) is 17.6. The summed E-state index contributed by atoms with van der Waals surface area (Å²) in [5.74, 6) is 0.567. The van der Waals surface area contributed by atoms with Gasteiger partial charge >= 0.3 is 0 Å². The predicted octanol–water partition coefficient (Wildman–Crippen LogP) is 2.09. The number of carbonyl (C=O) groups excluding carboxylic acids is 1. The van der Waals surface area contributed by atoms with E-state index in [0.717, 1.165) is 12.8 Å². The van der Waals surface area contributed by atoms with Gasteiger partial charge in [-0.3, -0.25) is 14.6 Å². The van der Waals surface area contributed by atoms with Crippen molar-refractivity contribution >= 4 is 11.9 Å². The van der Waals surface area contributed by atoms with Crippen LogP contribution in [0.2, 0.25) is 0 Å². The van der Waals surface area contributed by atoms with Crippen LogP contribution in [0.15, 0.2) is 35.1 Å². The van der Waals surface area contributed by atoms with E-state index >= 15 is 0 Å². The van der Waals surface area contributed by atoms with Gasteiger partial charge in [-0.25, -0.2) is 4.98 Å². The van der Waals surface area contributed by atoms with E-state index in [1.165, 1.54) is 12.0 Å². The molecular weight excluding hydrogens is 380 g/mol. The van der Waals surface area contributed by atoms with Gasteiger partial charge < -0.3 is 15.0 Å². The molecule has 2 heterocycles. The Morgan fingerprint density at radius 2 is 1.97 bits per heavy atom. The predicted molar refractivity (Wildman–Crippen MR) is 116 cm³/mol. The van der Waals surface area contributed by atoms with Crippen molar-refractivity contribution in [3.05, 3.63) is 57.5 Å². The van der Waals surface area contributed by atoms with Gasteiger partial charge in [-0.05, 0) is 31.7 Å². The molecule has 1 aromatic carbocycles. The molecule has 0 radical (unpaired) electrons. The Bertz CT molecular complexity index is 931. The summed E-state index contributed by atoms with van der Waals surface area (Å²) in [6.07, 6.45) is 4.07. The molecule has 1 aliphatic carbocycles. The molecule has 30 heavy (non-hydrogen) atoms. The first kappa shape index (κ1) is 20.6. The van der Waals surface area contributed by atoms with Crippen molar-refractivity contribution in [2.45, 2.75) is 44.4 Å². The zero-order valence-corrected chi connectivity index (χ0v) is 17.6. The second kappa shape index (κ2) is 9.00. The van der Waals surface area contributed by atoms with Crippen molar-refractivity contribution in [3.63, 3.8) is 0 Å². The Kier molecular flexibility index (Phi) is 6.18. The SMILES string of the molecule is Cc1nc(N2CCOCC2)[nH]c(=O)c1CCC(=O)NCC1(c2ccccc2)CCC1. The van der Waals surface area contributed by atoms with Crippen LogP contribution in [0.4, 0.5) is 5.95 Å². The Balaban J connectivity index is 1.34. The molecule has 0 spiro atoms. The van der Waals surface area contributed by atoms with Crippen molar-refractivity contribution < 1.29 is 9.53 Å². The number of hydrogen-bond acceptors (Lipinski definition) is 5. The summed E-state index contributed by atoms with van der Waals surface area (Å²) in [5, 5.41) is 3.10. The van der Waals surface area contributed by atoms with Crippen LogP contribution in [0.25, 0.3) is 0 Å². The van der Waals surface area contributed by atoms with Crippen LogP contribution in [0.1, 0.15) is 42.5 Å². The van der Waals surface area contributed by atoms with Gasteiger partial charge in [0.15, 0.2) is 0 Å². The van der Waals surface area contributed by atoms with Crippen molar-refractivity contribution in [1.82, 2.24) is 15.3 Å². The number of nitrogens with zero attached hydrogens (tertiary/aromatic N) is 2. The maximum absolute atomic E-state index is 12.6. The number of nitrogens with one attached hydrogen (secondary N) is 2. The normalized spacial score (nSPS) is 18.0. The Labute approximate surface area is 176 Å². The molecule has 0 bridgehead atoms. The average molecular weight is 411 g/mol. The van der Waals surface area contributed by atoms with Crippen LogP contribution in [-0.2, 0) is 21.4 Å². The van der Waals surface area contributed by atoms with Gasteiger partial charge in [0.2, 0.25) is 11.9 Å². The highest BCUT2D eigenvalue weighted by Gasteiger charge is 2.38. The molecule has 2 aromatic rings. The maximum atomic E-state index is 12.6. The van der Waals surface area contributed by atoms with Gasteiger partial charge in [0, 0.05) is 42.7 Å². The molecule has 2 fully saturated rings. The molecule has 7 heteroatoms. The zero-order chi connectivity index (χ0) is 21.0. The number of ether oxygens (including phenoxy) is 1. The molecule has 1 saturated heterocycles. The molecule has 1 saturated carbocycles. The highest BCUT2D eigenvalue weighted by atomic mass is 16.5. The second-order valence-electron chi connectivity index (χ2n) is 8.33. The number of benzene rings is 1. The molecule has 1 amide bonds. The summed E-state index contributed by atoms with van der Waals surface area (Å²) < 4.78 is 5.35. The Hall–Kier alpha value is -2.67. The lowest BCUT2D eigenvalue weighted by Gasteiger charge is -2.42. The van der Waals surface area contributed by atoms with Gasteiger partial charge in [-0.15, -0.1) is 0 Å². The van der Waals surface area contributed by atoms with Crippen molar-refractivity contribution in [1.29, 1.82) is 0 Å². The smallest absolute Gasteiger partial charge is 0.255 e. The van der Waals surface area contributed by atoms with Gasteiger partial charge in [0.05, 0.1) is 13.2 Å². The Morgan fingerprint density at radius 3 is 2.60 bits per heavy atom. The number of amides is 1. The molecule has 0 atom stereocenters. The van der Waals surface area contributed by atoms with Crippen molar-refractivity contribution in [2.75, 3.05) is 37.7 Å². The largest absolute Gasteiger partial charge is 0.378 e. The van der Waals surface area contributed by atoms with Crippen LogP contribution < -0.4 is 15.8 Å². The van der Waals surface area contributed by atoms with E-state index in [4.69, 9.17) is 4.74 Å². The van der Waals surface area contributed by atoms with Crippen molar-refractivity contribution in [2.24, 2.45) is 0 Å². The first-order valence-corrected chi connectivity index (χ1v) is 10.8. The number of anilines is 1. The number of rotatable bonds is 7. The molecule has 0 unspecified atom stereocenters. The fourth-order valence-electron chi connectivity index (χ4n) is 4.37. The lowest BCUT2D eigenvalue weighted by Crippen LogP contribution is -2.45. The van der Waals surface area contributed by atoms with E-state index in [9.17, 15) is 9.59 Å². The summed E-state index contributed by atoms with van der Waals surface area (Å²) in [6.45, 7) is 5.19. The van der Waals surface area contributed by atoms with Crippen LogP contribution in [0.3, 0.4) is 0 Å². The van der Waals surface area contributed by atoms with Crippen LogP contribution in [0.5, 0.6) is 0 Å². The molecular formula is C23H30N4O3. The average Bonchev–Trinajstić information content (AvgIpc) is 2.73. The molecule has 2 aliphatic rings. The van der Waals surface area contributed by atoms with E-state index in [2.05, 4.69) is 39.6 Å². The summed E-state index contributed by atoms with van der Waals surface area (Å²) in [7, 11) is 0. The number of carbonyl (C=O) groups is 1. The van der Waals surface area contributed by atoms with E-state index in [-0.39, 0.29) is 23.3 Å². The fourth-order valence-corrected chi connectivity index (χ4v) is 4.37. The van der Waals surface area contributed by atoms with Gasteiger partial charge in [-0.1, -0.05) is 36.8 Å². The van der Waals surface area contributed by atoms with Crippen LogP contribution in [-0.4, -0.2) is 48.7 Å². The first-order chi connectivity index (χ1) is 14.6.